The first-order valence-electron chi connectivity index (χ1n) is 42.5. The second kappa shape index (κ2) is 23.5. The normalized spacial score (nSPS) is 15.7. The second-order valence-corrected chi connectivity index (χ2v) is 29.5. The van der Waals surface area contributed by atoms with Crippen LogP contribution in [0, 0.1) is 16.2 Å². The molecule has 0 radical (unpaired) electrons. The molecule has 476 valence electrons. The Morgan fingerprint density at radius 1 is 0.327 bits per heavy atom. The first kappa shape index (κ1) is 44.0. The molecule has 0 aliphatic carbocycles. The summed E-state index contributed by atoms with van der Waals surface area (Å²) in [6.45, 7) is 17.9. The maximum absolute atomic E-state index is 10.9. The van der Waals surface area contributed by atoms with Gasteiger partial charge in [0.05, 0.1) is 55.4 Å². The minimum atomic E-state index is -2.19. The third-order valence-electron chi connectivity index (χ3n) is 18.7. The number of fused-ring (bicyclic) bond motifs is 10. The van der Waals surface area contributed by atoms with Crippen LogP contribution in [0.2, 0.25) is 0 Å². The van der Waals surface area contributed by atoms with Crippen molar-refractivity contribution in [2.24, 2.45) is 16.2 Å². The lowest BCUT2D eigenvalue weighted by Crippen LogP contribution is -2.61. The van der Waals surface area contributed by atoms with E-state index < -0.39 is 115 Å². The molecule has 0 unspecified atom stereocenters. The van der Waals surface area contributed by atoms with Gasteiger partial charge in [-0.3, -0.25) is 0 Å². The Bertz CT molecular complexity index is 6040. The van der Waals surface area contributed by atoms with Gasteiger partial charge in [0.1, 0.15) is 0 Å². The number of rotatable bonds is 11. The second-order valence-electron chi connectivity index (χ2n) is 29.5. The molecule has 0 bridgehead atoms. The highest BCUT2D eigenvalue weighted by Gasteiger charge is 2.46. The third-order valence-corrected chi connectivity index (χ3v) is 18.7. The van der Waals surface area contributed by atoms with Crippen LogP contribution in [-0.2, 0) is 19.2 Å². The van der Waals surface area contributed by atoms with E-state index in [1.165, 1.54) is 9.13 Å². The zero-order chi connectivity index (χ0) is 82.5. The quantitative estimate of drug-likeness (QED) is 0.120. The minimum absolute atomic E-state index is 0.0898. The van der Waals surface area contributed by atoms with Crippen molar-refractivity contribution < 1.29 is 24.7 Å². The van der Waals surface area contributed by atoms with Crippen molar-refractivity contribution in [2.45, 2.75) is 81.5 Å². The monoisotopic (exact) mass is 1280 g/mol. The van der Waals surface area contributed by atoms with Crippen molar-refractivity contribution in [2.75, 3.05) is 9.80 Å². The molecule has 2 aliphatic heterocycles. The summed E-state index contributed by atoms with van der Waals surface area (Å²) in [4.78, 5) is 4.42. The molecular formula is C93H81BN4. The van der Waals surface area contributed by atoms with E-state index in [0.29, 0.717) is 63.4 Å². The number of nitrogens with zero attached hydrogens (tertiary/aromatic N) is 4. The lowest BCUT2D eigenvalue weighted by atomic mass is 9.33. The lowest BCUT2D eigenvalue weighted by Gasteiger charge is -2.46. The van der Waals surface area contributed by atoms with E-state index in [9.17, 15) is 19.2 Å². The highest BCUT2D eigenvalue weighted by Crippen LogP contribution is 2.55. The summed E-state index contributed by atoms with van der Waals surface area (Å²) >= 11 is 0. The highest BCUT2D eigenvalue weighted by atomic mass is 15.2. The number of para-hydroxylation sites is 4. The zero-order valence-electron chi connectivity index (χ0n) is 74.3. The molecule has 4 nitrogen and oxygen atoms in total. The van der Waals surface area contributed by atoms with Gasteiger partial charge >= 0.3 is 0 Å². The third kappa shape index (κ3) is 10.6. The Hall–Kier alpha value is -10.9. The Morgan fingerprint density at radius 3 is 0.929 bits per heavy atom. The number of anilines is 6. The van der Waals surface area contributed by atoms with E-state index in [1.54, 1.807) is 0 Å². The van der Waals surface area contributed by atoms with Gasteiger partial charge in [0, 0.05) is 80.7 Å². The summed E-state index contributed by atoms with van der Waals surface area (Å²) in [6, 6.07) is 56.0. The molecule has 0 N–H and O–H groups in total. The highest BCUT2D eigenvalue weighted by molar-refractivity contribution is 7.00. The summed E-state index contributed by atoms with van der Waals surface area (Å²) in [5.41, 5.74) is 12.9. The number of hydrogen-bond acceptors (Lipinski definition) is 2. The van der Waals surface area contributed by atoms with Gasteiger partial charge in [0.2, 0.25) is 0 Å². The van der Waals surface area contributed by atoms with Crippen molar-refractivity contribution in [1.82, 2.24) is 9.13 Å². The largest absolute Gasteiger partial charge is 0.310 e. The minimum Gasteiger partial charge on any atom is -0.310 e. The predicted molar refractivity (Wildman–Crippen MR) is 420 cm³/mol. The summed E-state index contributed by atoms with van der Waals surface area (Å²) in [5, 5.41) is -0.421. The maximum Gasteiger partial charge on any atom is 0.252 e. The molecule has 0 spiro atoms. The molecule has 4 heterocycles. The molecule has 0 fully saturated rings. The van der Waals surface area contributed by atoms with Crippen LogP contribution in [0.3, 0.4) is 0 Å². The molecule has 98 heavy (non-hydrogen) atoms. The maximum atomic E-state index is 10.9. The van der Waals surface area contributed by atoms with Crippen LogP contribution in [0.4, 0.5) is 34.1 Å². The van der Waals surface area contributed by atoms with Gasteiger partial charge in [-0.1, -0.05) is 268 Å². The van der Waals surface area contributed by atoms with Crippen molar-refractivity contribution in [3.05, 3.63) is 307 Å². The number of aromatic nitrogens is 2. The van der Waals surface area contributed by atoms with Crippen LogP contribution >= 0.6 is 0 Å². The first-order chi connectivity index (χ1) is 54.9. The average molecular weight is 1280 g/mol. The van der Waals surface area contributed by atoms with Crippen LogP contribution in [0.25, 0.3) is 99.5 Å². The molecular weight excluding hydrogens is 1180 g/mol. The molecule has 0 saturated heterocycles. The van der Waals surface area contributed by atoms with Crippen LogP contribution in [-0.4, -0.2) is 15.8 Å². The van der Waals surface area contributed by atoms with Gasteiger partial charge in [-0.2, -0.15) is 0 Å². The van der Waals surface area contributed by atoms with Gasteiger partial charge in [-0.15, -0.1) is 0 Å². The van der Waals surface area contributed by atoms with Crippen LogP contribution in [0.1, 0.15) is 104 Å². The molecule has 17 rings (SSSR count). The van der Waals surface area contributed by atoms with Crippen molar-refractivity contribution in [1.29, 1.82) is 0 Å². The van der Waals surface area contributed by atoms with Crippen LogP contribution in [0.15, 0.2) is 291 Å². The molecule has 0 saturated carbocycles. The number of benzene rings is 13. The summed E-state index contributed by atoms with van der Waals surface area (Å²) in [7, 11) is 0. The Morgan fingerprint density at radius 2 is 0.633 bits per heavy atom. The predicted octanol–water partition coefficient (Wildman–Crippen LogP) is 23.4. The lowest BCUT2D eigenvalue weighted by molar-refractivity contribution is 0.411. The molecule has 5 heteroatoms. The van der Waals surface area contributed by atoms with E-state index >= 15 is 0 Å². The fourth-order valence-corrected chi connectivity index (χ4v) is 15.2. The Kier molecular flexibility index (Phi) is 10.5. The van der Waals surface area contributed by atoms with Crippen molar-refractivity contribution >= 4 is 101 Å². The smallest absolute Gasteiger partial charge is 0.252 e. The molecule has 0 amide bonds. The number of hydrogen-bond donors (Lipinski definition) is 0. The Labute approximate surface area is 603 Å². The van der Waals surface area contributed by atoms with E-state index in [4.69, 9.17) is 5.48 Å². The first-order valence-corrected chi connectivity index (χ1v) is 33.5. The van der Waals surface area contributed by atoms with E-state index in [2.05, 4.69) is 124 Å². The molecule has 0 atom stereocenters. The Balaban J connectivity index is 1.12. The topological polar surface area (TPSA) is 16.3 Å². The summed E-state index contributed by atoms with van der Waals surface area (Å²) in [5.74, 6) is 0. The molecule has 2 aromatic heterocycles. The van der Waals surface area contributed by atoms with Crippen LogP contribution in [0.5, 0.6) is 0 Å². The van der Waals surface area contributed by atoms with Crippen molar-refractivity contribution in [3.63, 3.8) is 0 Å². The van der Waals surface area contributed by atoms with Gasteiger partial charge in [-0.25, -0.2) is 0 Å². The summed E-state index contributed by atoms with van der Waals surface area (Å²) in [6.07, 6.45) is -0.900. The van der Waals surface area contributed by atoms with Gasteiger partial charge in [0.25, 0.3) is 6.71 Å². The zero-order valence-corrected chi connectivity index (χ0v) is 56.3. The molecule has 2 aliphatic rings. The van der Waals surface area contributed by atoms with Crippen LogP contribution < -0.4 is 26.2 Å². The fraction of sp³-hybridized carbons (Fsp3) is 0.161. The summed E-state index contributed by atoms with van der Waals surface area (Å²) < 4.78 is 176. The molecule has 13 aromatic carbocycles. The standard InChI is InChI=1S/C93H81BN4/c1-91(2,3)58-61-50-74(64-30-14-10-15-31-64)89(75(51-61)65-32-16-11-17-33-65)97-84-56-68(95-80-42-26-22-38-70(80)71-39-23-27-43-81(71)95)46-48-78(84)94-79-49-47-69(96-82-44-28-24-40-72(82)73-41-25-29-45-83(73)96)57-85(79)98(87-55-63(60-93(7,8)9)54-86(97)88(87)94)90-76(66-34-18-12-19-35-66)52-62(59-92(4,5)6)53-77(90)67-36-20-13-21-37-67/h10-57H,58-60H2,1-9H3/i22D,23D,24D,25D,26D,27D,28D,29D,38D,39D,40D,41D,42D,43D,44D,45D,60D2. The SMILES string of the molecule is [2H]c1c([2H])c([2H])c2c(c1[2H])c1c([2H])c([2H])c([2H])c([2H])c1n2-c1ccc2c(c1)N(c1c(-c3ccccc3)cc(CC(C)(C)C)cc1-c1ccccc1)c1cc(C([2H])([2H])C(C)(C)C)cc3c1B2c1ccc(-n2c4c([2H])c([2H])c([2H])c([2H])c4c4c([2H])c([2H])c([2H])c([2H])c42)cc1N3c1c(-c2ccccc2)cc(CC(C)(C)C)cc1-c1ccccc1. The average Bonchev–Trinajstić information content (AvgIpc) is 1.28. The van der Waals surface area contributed by atoms with E-state index in [-0.39, 0.29) is 71.4 Å². The van der Waals surface area contributed by atoms with Gasteiger partial charge in [-0.05, 0) is 176 Å². The van der Waals surface area contributed by atoms with E-state index in [1.807, 2.05) is 142 Å². The fourth-order valence-electron chi connectivity index (χ4n) is 15.2. The van der Waals surface area contributed by atoms with Crippen molar-refractivity contribution in [3.8, 4) is 55.9 Å². The van der Waals surface area contributed by atoms with E-state index in [0.717, 1.165) is 55.6 Å². The van der Waals surface area contributed by atoms with Gasteiger partial charge in [0.15, 0.2) is 0 Å². The van der Waals surface area contributed by atoms with Gasteiger partial charge < -0.3 is 18.9 Å². The molecule has 15 aromatic rings.